The minimum Gasteiger partial charge on any atom is -0.493 e. The van der Waals surface area contributed by atoms with Gasteiger partial charge in [0, 0.05) is 11.8 Å². The summed E-state index contributed by atoms with van der Waals surface area (Å²) in [6.07, 6.45) is 3.70. The first-order valence-electron chi connectivity index (χ1n) is 7.50. The first kappa shape index (κ1) is 15.6. The lowest BCUT2D eigenvalue weighted by Gasteiger charge is -2.29. The Kier molecular flexibility index (Phi) is 5.44. The highest BCUT2D eigenvalue weighted by Crippen LogP contribution is 2.29. The van der Waals surface area contributed by atoms with Crippen molar-refractivity contribution in [1.29, 1.82) is 0 Å². The lowest BCUT2D eigenvalue weighted by atomic mass is 10.0. The molecule has 2 atom stereocenters. The number of nitrogens with one attached hydrogen (secondary N) is 2. The number of piperidine rings is 1. The molecule has 1 aromatic carbocycles. The Hall–Kier alpha value is -1.75. The number of carbonyl (C=O) groups is 1. The maximum absolute atomic E-state index is 12.2. The monoisotopic (exact) mass is 293 g/mol. The van der Waals surface area contributed by atoms with Crippen LogP contribution in [0.1, 0.15) is 26.2 Å². The van der Waals surface area contributed by atoms with E-state index in [-0.39, 0.29) is 5.91 Å². The minimum atomic E-state index is 0.0472. The molecule has 21 heavy (non-hydrogen) atoms. The molecule has 0 radical (unpaired) electrons. The van der Waals surface area contributed by atoms with Gasteiger partial charge in [-0.2, -0.15) is 0 Å². The number of anilines is 1. The first-order valence-corrected chi connectivity index (χ1v) is 7.50. The first-order chi connectivity index (χ1) is 10.1. The van der Waals surface area contributed by atoms with Crippen molar-refractivity contribution in [3.05, 3.63) is 18.2 Å². The highest BCUT2D eigenvalue weighted by Gasteiger charge is 2.24. The number of benzene rings is 1. The average Bonchev–Trinajstić information content (AvgIpc) is 2.49. The van der Waals surface area contributed by atoms with Crippen LogP contribution < -0.4 is 19.7 Å². The highest BCUT2D eigenvalue weighted by atomic mass is 16.5. The van der Waals surface area contributed by atoms with Crippen LogP contribution in [0.4, 0.5) is 5.69 Å². The summed E-state index contributed by atoms with van der Waals surface area (Å²) in [4.78, 5) is 13.6. The normalized spacial score (nSPS) is 21.7. The van der Waals surface area contributed by atoms with Crippen molar-refractivity contribution < 1.29 is 19.2 Å². The maximum Gasteiger partial charge on any atom is 0.279 e. The van der Waals surface area contributed by atoms with Crippen molar-refractivity contribution >= 4 is 11.6 Å². The molecule has 5 nitrogen and oxygen atoms in total. The van der Waals surface area contributed by atoms with E-state index in [9.17, 15) is 4.79 Å². The van der Waals surface area contributed by atoms with Crippen LogP contribution in [-0.4, -0.2) is 39.3 Å². The van der Waals surface area contributed by atoms with Crippen molar-refractivity contribution in [2.24, 2.45) is 0 Å². The number of methoxy groups -OCH3 is 2. The summed E-state index contributed by atoms with van der Waals surface area (Å²) < 4.78 is 10.4. The Labute approximate surface area is 126 Å². The van der Waals surface area contributed by atoms with Gasteiger partial charge in [0.1, 0.15) is 0 Å². The topological polar surface area (TPSA) is 52.0 Å². The largest absolute Gasteiger partial charge is 0.493 e. The van der Waals surface area contributed by atoms with Crippen molar-refractivity contribution in [3.63, 3.8) is 0 Å². The second kappa shape index (κ2) is 7.31. The Bertz CT molecular complexity index is 490. The van der Waals surface area contributed by atoms with E-state index in [0.29, 0.717) is 24.1 Å². The molecule has 1 aliphatic heterocycles. The fraction of sp³-hybridized carbons (Fsp3) is 0.562. The number of rotatable bonds is 5. The molecule has 1 aliphatic rings. The van der Waals surface area contributed by atoms with Gasteiger partial charge in [-0.15, -0.1) is 0 Å². The Morgan fingerprint density at radius 2 is 2.05 bits per heavy atom. The van der Waals surface area contributed by atoms with E-state index in [1.807, 2.05) is 6.07 Å². The number of carbonyl (C=O) groups excluding carboxylic acids is 1. The van der Waals surface area contributed by atoms with Gasteiger partial charge in [0.15, 0.2) is 18.0 Å². The van der Waals surface area contributed by atoms with Crippen molar-refractivity contribution in [1.82, 2.24) is 0 Å². The summed E-state index contributed by atoms with van der Waals surface area (Å²) in [7, 11) is 3.18. The molecule has 1 aromatic rings. The van der Waals surface area contributed by atoms with Gasteiger partial charge in [-0.25, -0.2) is 0 Å². The molecule has 0 spiro atoms. The predicted octanol–water partition coefficient (Wildman–Crippen LogP) is 1.10. The van der Waals surface area contributed by atoms with Crippen molar-refractivity contribution in [2.75, 3.05) is 32.6 Å². The molecule has 116 valence electrons. The lowest BCUT2D eigenvalue weighted by molar-refractivity contribution is -0.920. The van der Waals surface area contributed by atoms with E-state index in [0.717, 1.165) is 12.2 Å². The predicted molar refractivity (Wildman–Crippen MR) is 82.2 cm³/mol. The van der Waals surface area contributed by atoms with Crippen LogP contribution in [0.5, 0.6) is 11.5 Å². The molecule has 1 amide bonds. The lowest BCUT2D eigenvalue weighted by Crippen LogP contribution is -3.17. The molecule has 1 heterocycles. The van der Waals surface area contributed by atoms with Gasteiger partial charge < -0.3 is 19.7 Å². The van der Waals surface area contributed by atoms with Crippen molar-refractivity contribution in [2.45, 2.75) is 32.2 Å². The molecule has 0 aromatic heterocycles. The molecular formula is C16H25N2O3+. The number of hydrogen-bond donors (Lipinski definition) is 2. The standard InChI is InChI=1S/C16H24N2O3/c1-12-6-4-5-9-18(12)11-16(19)17-13-7-8-14(20-2)15(10-13)21-3/h7-8,10,12H,4-6,9,11H2,1-3H3,(H,17,19)/p+1/t12-/m1/s1. The Balaban J connectivity index is 1.96. The van der Waals surface area contributed by atoms with Gasteiger partial charge in [0.25, 0.3) is 5.91 Å². The molecule has 5 heteroatoms. The van der Waals surface area contributed by atoms with Crippen LogP contribution in [0.2, 0.25) is 0 Å². The molecule has 2 N–H and O–H groups in total. The summed E-state index contributed by atoms with van der Waals surface area (Å²) in [6, 6.07) is 5.97. The van der Waals surface area contributed by atoms with E-state index < -0.39 is 0 Å². The van der Waals surface area contributed by atoms with Gasteiger partial charge in [-0.3, -0.25) is 4.79 Å². The number of quaternary nitrogens is 1. The van der Waals surface area contributed by atoms with Gasteiger partial charge >= 0.3 is 0 Å². The average molecular weight is 293 g/mol. The van der Waals surface area contributed by atoms with E-state index in [4.69, 9.17) is 9.47 Å². The van der Waals surface area contributed by atoms with Gasteiger partial charge in [0.05, 0.1) is 26.8 Å². The zero-order valence-corrected chi connectivity index (χ0v) is 13.1. The maximum atomic E-state index is 12.2. The Morgan fingerprint density at radius 1 is 1.29 bits per heavy atom. The van der Waals surface area contributed by atoms with Crippen LogP contribution in [-0.2, 0) is 4.79 Å². The third-order valence-corrected chi connectivity index (χ3v) is 4.14. The summed E-state index contributed by atoms with van der Waals surface area (Å²) in [5, 5.41) is 2.94. The van der Waals surface area contributed by atoms with Crippen molar-refractivity contribution in [3.8, 4) is 11.5 Å². The Morgan fingerprint density at radius 3 is 2.71 bits per heavy atom. The fourth-order valence-electron chi connectivity index (χ4n) is 2.84. The second-order valence-electron chi connectivity index (χ2n) is 5.60. The van der Waals surface area contributed by atoms with E-state index >= 15 is 0 Å². The highest BCUT2D eigenvalue weighted by molar-refractivity contribution is 5.91. The molecule has 0 aliphatic carbocycles. The second-order valence-corrected chi connectivity index (χ2v) is 5.60. The fourth-order valence-corrected chi connectivity index (χ4v) is 2.84. The third-order valence-electron chi connectivity index (χ3n) is 4.14. The van der Waals surface area contributed by atoms with E-state index in [2.05, 4.69) is 12.2 Å². The van der Waals surface area contributed by atoms with Gasteiger partial charge in [-0.1, -0.05) is 0 Å². The molecular weight excluding hydrogens is 268 g/mol. The summed E-state index contributed by atoms with van der Waals surface area (Å²) >= 11 is 0. The quantitative estimate of drug-likeness (QED) is 0.855. The number of amides is 1. The van der Waals surface area contributed by atoms with Crippen LogP contribution in [0.25, 0.3) is 0 Å². The third kappa shape index (κ3) is 4.11. The van der Waals surface area contributed by atoms with E-state index in [1.165, 1.54) is 24.2 Å². The van der Waals surface area contributed by atoms with E-state index in [1.54, 1.807) is 26.4 Å². The van der Waals surface area contributed by atoms with Crippen LogP contribution in [0.15, 0.2) is 18.2 Å². The molecule has 0 saturated carbocycles. The SMILES string of the molecule is COc1ccc(NC(=O)C[NH+]2CCCC[C@H]2C)cc1OC. The van der Waals surface area contributed by atoms with Crippen LogP contribution >= 0.6 is 0 Å². The molecule has 2 rings (SSSR count). The van der Waals surface area contributed by atoms with Crippen LogP contribution in [0, 0.1) is 0 Å². The number of ether oxygens (including phenoxy) is 2. The number of hydrogen-bond acceptors (Lipinski definition) is 3. The summed E-state index contributed by atoms with van der Waals surface area (Å²) in [6.45, 7) is 3.83. The zero-order chi connectivity index (χ0) is 15.2. The zero-order valence-electron chi connectivity index (χ0n) is 13.1. The summed E-state index contributed by atoms with van der Waals surface area (Å²) in [5.74, 6) is 1.32. The summed E-state index contributed by atoms with van der Waals surface area (Å²) in [5.41, 5.74) is 0.738. The molecule has 1 fully saturated rings. The molecule has 1 unspecified atom stereocenters. The smallest absolute Gasteiger partial charge is 0.279 e. The van der Waals surface area contributed by atoms with Crippen LogP contribution in [0.3, 0.4) is 0 Å². The minimum absolute atomic E-state index is 0.0472. The van der Waals surface area contributed by atoms with Gasteiger partial charge in [0.2, 0.25) is 0 Å². The van der Waals surface area contributed by atoms with Gasteiger partial charge in [-0.05, 0) is 38.3 Å². The molecule has 1 saturated heterocycles. The number of likely N-dealkylation sites (tertiary alicyclic amines) is 1. The molecule has 0 bridgehead atoms.